The number of nitrogens with zero attached hydrogens (tertiary/aromatic N) is 3. The molecular weight excluding hydrogens is 651 g/mol. The number of likely N-dealkylation sites (N-methyl/N-ethyl adjacent to an activating group) is 2. The van der Waals surface area contributed by atoms with Gasteiger partial charge in [-0.2, -0.15) is 5.10 Å². The van der Waals surface area contributed by atoms with Gasteiger partial charge in [-0.05, 0) is 74.6 Å². The summed E-state index contributed by atoms with van der Waals surface area (Å²) < 4.78 is 0. The summed E-state index contributed by atoms with van der Waals surface area (Å²) in [7, 11) is 4.45. The van der Waals surface area contributed by atoms with Crippen LogP contribution >= 0.6 is 40.0 Å². The molecule has 1 aromatic carbocycles. The van der Waals surface area contributed by atoms with Crippen LogP contribution in [0.2, 0.25) is 0 Å². The molecule has 2 aliphatic rings. The minimum atomic E-state index is -0.0603. The fourth-order valence-corrected chi connectivity index (χ4v) is 3.95. The van der Waals surface area contributed by atoms with Crippen LogP contribution in [0.15, 0.2) is 52.8 Å². The summed E-state index contributed by atoms with van der Waals surface area (Å²) in [6, 6.07) is 0. The number of hydrogen-bond acceptors (Lipinski definition) is 3. The van der Waals surface area contributed by atoms with E-state index >= 15 is 0 Å². The molecule has 3 rings (SSSR count). The van der Waals surface area contributed by atoms with Crippen molar-refractivity contribution >= 4 is 57.3 Å². The Morgan fingerprint density at radius 3 is 1.97 bits per heavy atom. The summed E-state index contributed by atoms with van der Waals surface area (Å²) >= 11 is 4.74. The number of anilines is 1. The van der Waals surface area contributed by atoms with Gasteiger partial charge in [0.05, 0.1) is 11.3 Å². The summed E-state index contributed by atoms with van der Waals surface area (Å²) in [5.41, 5.74) is 11.1. The van der Waals surface area contributed by atoms with Gasteiger partial charge in [0.2, 0.25) is 0 Å². The van der Waals surface area contributed by atoms with Gasteiger partial charge < -0.3 is 4.90 Å². The van der Waals surface area contributed by atoms with E-state index in [1.165, 1.54) is 44.2 Å². The van der Waals surface area contributed by atoms with Crippen molar-refractivity contribution in [3.05, 3.63) is 75.5 Å². The standard InChI is InChI=1S/C24H29N3O.2HI.V/c1-15-16(2)18(4)23-22(17(15)3)14-20(26(23)6)12-10-8-9-11-13-21-19(5)25-27(7)24(21)28;;;/h8-13H,14H2,1-7H3;2*1H;/q;;;+2/p-2. The Balaban J connectivity index is 0.00000107. The van der Waals surface area contributed by atoms with Crippen molar-refractivity contribution in [2.24, 2.45) is 5.10 Å². The molecule has 1 amide bonds. The molecule has 4 nitrogen and oxygen atoms in total. The Kier molecular flexibility index (Phi) is 10.1. The second-order valence-electron chi connectivity index (χ2n) is 7.65. The molecule has 0 bridgehead atoms. The Hall–Kier alpha value is -0.836. The number of carbonyl (C=O) groups is 1. The summed E-state index contributed by atoms with van der Waals surface area (Å²) in [5, 5.41) is 5.51. The van der Waals surface area contributed by atoms with Crippen LogP contribution in [0.4, 0.5) is 5.69 Å². The predicted octanol–water partition coefficient (Wildman–Crippen LogP) is 6.45. The summed E-state index contributed by atoms with van der Waals surface area (Å²) in [5.74, 6) is -0.0603. The van der Waals surface area contributed by atoms with Gasteiger partial charge in [0.25, 0.3) is 5.91 Å². The number of hydrazone groups is 1. The number of carbonyl (C=O) groups excluding carboxylic acids is 1. The Morgan fingerprint density at radius 2 is 1.42 bits per heavy atom. The number of allylic oxidation sites excluding steroid dienone is 7. The number of amides is 1. The molecule has 165 valence electrons. The van der Waals surface area contributed by atoms with Gasteiger partial charge in [-0.1, -0.05) is 24.3 Å². The first kappa shape index (κ1) is 26.4. The molecule has 0 unspecified atom stereocenters. The monoisotopic (exact) mass is 680 g/mol. The molecule has 1 aromatic rings. The van der Waals surface area contributed by atoms with Crippen LogP contribution in [-0.2, 0) is 20.7 Å². The van der Waals surface area contributed by atoms with Crippen LogP contribution in [0, 0.1) is 27.7 Å². The van der Waals surface area contributed by atoms with Gasteiger partial charge in [-0.25, -0.2) is 5.01 Å². The third-order valence-electron chi connectivity index (χ3n) is 6.00. The molecule has 2 aliphatic heterocycles. The normalized spacial score (nSPS) is 18.4. The number of hydrogen-bond donors (Lipinski definition) is 0. The molecule has 0 aliphatic carbocycles. The fraction of sp³-hybridized carbons (Fsp3) is 0.333. The van der Waals surface area contributed by atoms with E-state index in [4.69, 9.17) is 0 Å². The van der Waals surface area contributed by atoms with E-state index < -0.39 is 0 Å². The van der Waals surface area contributed by atoms with Crippen molar-refractivity contribution in [1.29, 1.82) is 0 Å². The van der Waals surface area contributed by atoms with Crippen LogP contribution in [-0.4, -0.2) is 30.7 Å². The Labute approximate surface area is 215 Å². The topological polar surface area (TPSA) is 35.9 Å². The van der Waals surface area contributed by atoms with E-state index in [1.807, 2.05) is 31.2 Å². The van der Waals surface area contributed by atoms with Gasteiger partial charge >= 0.3 is 49.4 Å². The maximum absolute atomic E-state index is 11.9. The molecule has 31 heavy (non-hydrogen) atoms. The molecule has 0 saturated carbocycles. The number of benzene rings is 1. The van der Waals surface area contributed by atoms with Gasteiger partial charge in [0.1, 0.15) is 0 Å². The molecule has 2 heterocycles. The van der Waals surface area contributed by atoms with Crippen LogP contribution in [0.1, 0.15) is 34.7 Å². The van der Waals surface area contributed by atoms with E-state index in [9.17, 15) is 4.79 Å². The van der Waals surface area contributed by atoms with Crippen molar-refractivity contribution in [2.45, 2.75) is 41.0 Å². The summed E-state index contributed by atoms with van der Waals surface area (Å²) in [4.78, 5) is 14.2. The molecule has 0 N–H and O–H groups in total. The number of rotatable bonds is 3. The maximum atomic E-state index is 11.9. The van der Waals surface area contributed by atoms with Gasteiger partial charge in [0, 0.05) is 31.9 Å². The molecular formula is C24H29I2N3OV. The van der Waals surface area contributed by atoms with Crippen molar-refractivity contribution in [3.63, 3.8) is 0 Å². The second-order valence-corrected chi connectivity index (χ2v) is 19.4. The van der Waals surface area contributed by atoms with E-state index in [-0.39, 0.29) is 5.91 Å². The van der Waals surface area contributed by atoms with Crippen molar-refractivity contribution in [1.82, 2.24) is 5.01 Å². The zero-order chi connectivity index (χ0) is 23.3. The van der Waals surface area contributed by atoms with E-state index in [1.54, 1.807) is 7.05 Å². The van der Waals surface area contributed by atoms with E-state index in [0.29, 0.717) is 15.0 Å². The van der Waals surface area contributed by atoms with E-state index in [2.05, 4.69) is 96.9 Å². The first-order valence-corrected chi connectivity index (χ1v) is 19.0. The zero-order valence-corrected chi connectivity index (χ0v) is 24.8. The fourth-order valence-electron chi connectivity index (χ4n) is 3.95. The van der Waals surface area contributed by atoms with Crippen LogP contribution < -0.4 is 4.90 Å². The molecule has 0 fully saturated rings. The number of halogens is 2. The third kappa shape index (κ3) is 5.95. The second kappa shape index (κ2) is 11.9. The quantitative estimate of drug-likeness (QED) is 0.209. The Bertz CT molecular complexity index is 1020. The van der Waals surface area contributed by atoms with Crippen molar-refractivity contribution in [3.8, 4) is 0 Å². The summed E-state index contributed by atoms with van der Waals surface area (Å²) in [6.45, 7) is 10.7. The average Bonchev–Trinajstić information content (AvgIpc) is 3.18. The molecule has 0 spiro atoms. The zero-order valence-electron chi connectivity index (χ0n) is 19.1. The van der Waals surface area contributed by atoms with Crippen molar-refractivity contribution in [2.75, 3.05) is 19.0 Å². The molecule has 0 saturated heterocycles. The number of fused-ring (bicyclic) bond motifs is 1. The van der Waals surface area contributed by atoms with Crippen LogP contribution in [0.25, 0.3) is 0 Å². The van der Waals surface area contributed by atoms with Crippen LogP contribution in [0.3, 0.4) is 0 Å². The van der Waals surface area contributed by atoms with Crippen LogP contribution in [0.5, 0.6) is 0 Å². The summed E-state index contributed by atoms with van der Waals surface area (Å²) in [6.07, 6.45) is 12.8. The predicted molar refractivity (Wildman–Crippen MR) is 146 cm³/mol. The first-order valence-electron chi connectivity index (χ1n) is 9.98. The third-order valence-corrected chi connectivity index (χ3v) is 6.00. The SMILES string of the molecule is CC1=NN(C)C(=O)C1=CC=CC=CC=C1Cc2c(C)c(C)c(C)c(C)c2N1C.[I][V][I]. The van der Waals surface area contributed by atoms with E-state index in [0.717, 1.165) is 12.1 Å². The first-order chi connectivity index (χ1) is 14.6. The van der Waals surface area contributed by atoms with Gasteiger partial charge in [-0.3, -0.25) is 4.79 Å². The Morgan fingerprint density at radius 1 is 0.871 bits per heavy atom. The molecule has 7 heteroatoms. The minimum absolute atomic E-state index is 0.0603. The molecule has 0 aromatic heterocycles. The van der Waals surface area contributed by atoms with Gasteiger partial charge in [-0.15, -0.1) is 0 Å². The average molecular weight is 680 g/mol. The molecule has 0 atom stereocenters. The van der Waals surface area contributed by atoms with Gasteiger partial charge in [0.15, 0.2) is 0 Å². The molecule has 0 radical (unpaired) electrons. The van der Waals surface area contributed by atoms with Crippen molar-refractivity contribution < 1.29 is 14.3 Å².